The molecule has 0 radical (unpaired) electrons. The lowest BCUT2D eigenvalue weighted by Gasteiger charge is -2.24. The smallest absolute Gasteiger partial charge is 0.241 e. The molecule has 3 nitrogen and oxygen atoms in total. The number of thioether (sulfide) groups is 1. The number of aryl methyl sites for hydroxylation is 1. The van der Waals surface area contributed by atoms with E-state index in [2.05, 4.69) is 28.5 Å². The minimum Gasteiger partial charge on any atom is -0.324 e. The van der Waals surface area contributed by atoms with Gasteiger partial charge in [0.1, 0.15) is 0 Å². The Morgan fingerprint density at radius 2 is 2.15 bits per heavy atom. The number of carbonyl (C=O) groups excluding carboxylic acids is 1. The topological polar surface area (TPSA) is 41.1 Å². The fourth-order valence-corrected chi connectivity index (χ4v) is 4.20. The molecule has 1 fully saturated rings. The van der Waals surface area contributed by atoms with Gasteiger partial charge in [-0.1, -0.05) is 24.6 Å². The highest BCUT2D eigenvalue weighted by atomic mass is 32.2. The first kappa shape index (κ1) is 14.0. The van der Waals surface area contributed by atoms with Crippen molar-refractivity contribution in [2.75, 3.05) is 17.6 Å². The van der Waals surface area contributed by atoms with Gasteiger partial charge in [-0.25, -0.2) is 0 Å². The molecule has 2 unspecified atom stereocenters. The monoisotopic (exact) mass is 290 g/mol. The van der Waals surface area contributed by atoms with Crippen molar-refractivity contribution in [3.05, 3.63) is 29.8 Å². The third kappa shape index (κ3) is 3.36. The summed E-state index contributed by atoms with van der Waals surface area (Å²) in [4.78, 5) is 12.3. The first-order valence-electron chi connectivity index (χ1n) is 7.57. The zero-order valence-electron chi connectivity index (χ0n) is 11.7. The Balaban J connectivity index is 1.57. The van der Waals surface area contributed by atoms with Crippen LogP contribution in [0.4, 0.5) is 5.69 Å². The summed E-state index contributed by atoms with van der Waals surface area (Å²) in [5.74, 6) is 1.39. The molecule has 0 bridgehead atoms. The highest BCUT2D eigenvalue weighted by Crippen LogP contribution is 2.25. The number of hydrogen-bond donors (Lipinski definition) is 2. The molecule has 2 heterocycles. The van der Waals surface area contributed by atoms with E-state index in [4.69, 9.17) is 0 Å². The zero-order chi connectivity index (χ0) is 13.8. The summed E-state index contributed by atoms with van der Waals surface area (Å²) in [5.41, 5.74) is 2.23. The minimum atomic E-state index is -0.0510. The van der Waals surface area contributed by atoms with Crippen molar-refractivity contribution >= 4 is 23.4 Å². The van der Waals surface area contributed by atoms with Gasteiger partial charge >= 0.3 is 0 Å². The molecule has 0 aliphatic carbocycles. The van der Waals surface area contributed by atoms with E-state index in [1.54, 1.807) is 0 Å². The highest BCUT2D eigenvalue weighted by Gasteiger charge is 2.24. The van der Waals surface area contributed by atoms with Crippen molar-refractivity contribution in [2.45, 2.75) is 43.4 Å². The number of fused-ring (bicyclic) bond motifs is 1. The van der Waals surface area contributed by atoms with E-state index in [9.17, 15) is 4.79 Å². The minimum absolute atomic E-state index is 0.0510. The van der Waals surface area contributed by atoms with Crippen molar-refractivity contribution in [1.82, 2.24) is 5.32 Å². The lowest BCUT2D eigenvalue weighted by atomic mass is 10.1. The summed E-state index contributed by atoms with van der Waals surface area (Å²) >= 11 is 2.05. The maximum atomic E-state index is 12.3. The molecule has 1 amide bonds. The number of benzene rings is 1. The van der Waals surface area contributed by atoms with Crippen molar-refractivity contribution < 1.29 is 4.79 Å². The van der Waals surface area contributed by atoms with Gasteiger partial charge in [0.05, 0.1) is 6.04 Å². The average Bonchev–Trinajstić information content (AvgIpc) is 2.65. The lowest BCUT2D eigenvalue weighted by Crippen LogP contribution is -2.43. The first-order chi connectivity index (χ1) is 9.83. The maximum absolute atomic E-state index is 12.3. The van der Waals surface area contributed by atoms with Crippen LogP contribution in [0.15, 0.2) is 24.3 Å². The summed E-state index contributed by atoms with van der Waals surface area (Å²) in [7, 11) is 0. The number of nitrogens with one attached hydrogen (secondary N) is 2. The lowest BCUT2D eigenvalue weighted by molar-refractivity contribution is -0.118. The van der Waals surface area contributed by atoms with Crippen LogP contribution in [-0.4, -0.2) is 29.5 Å². The predicted octanol–water partition coefficient (Wildman–Crippen LogP) is 2.82. The van der Waals surface area contributed by atoms with E-state index in [-0.39, 0.29) is 11.9 Å². The van der Waals surface area contributed by atoms with Crippen LogP contribution < -0.4 is 10.6 Å². The van der Waals surface area contributed by atoms with Crippen LogP contribution in [0.2, 0.25) is 0 Å². The molecule has 1 aromatic rings. The molecular weight excluding hydrogens is 268 g/mol. The number of amides is 1. The third-order valence-electron chi connectivity index (χ3n) is 4.16. The molecule has 4 heteroatoms. The van der Waals surface area contributed by atoms with E-state index >= 15 is 0 Å². The molecule has 2 atom stereocenters. The molecule has 2 aliphatic heterocycles. The van der Waals surface area contributed by atoms with E-state index in [1.807, 2.05) is 18.2 Å². The van der Waals surface area contributed by atoms with Crippen molar-refractivity contribution in [3.63, 3.8) is 0 Å². The van der Waals surface area contributed by atoms with Gasteiger partial charge < -0.3 is 10.6 Å². The standard InChI is InChI=1S/C16H22N2OS/c19-16-15(17-11-13-6-3-4-10-20-13)9-8-12-5-1-2-7-14(12)18-16/h1-2,5,7,13,15,17H,3-4,6,8-11H2,(H,18,19). The third-order valence-corrected chi connectivity index (χ3v) is 5.56. The van der Waals surface area contributed by atoms with Crippen LogP contribution >= 0.6 is 11.8 Å². The molecule has 0 aromatic heterocycles. The van der Waals surface area contributed by atoms with E-state index < -0.39 is 0 Å². The van der Waals surface area contributed by atoms with E-state index in [1.165, 1.54) is 30.6 Å². The van der Waals surface area contributed by atoms with Crippen LogP contribution in [0.3, 0.4) is 0 Å². The predicted molar refractivity (Wildman–Crippen MR) is 85.3 cm³/mol. The fourth-order valence-electron chi connectivity index (χ4n) is 2.95. The molecule has 2 N–H and O–H groups in total. The first-order valence-corrected chi connectivity index (χ1v) is 8.61. The number of para-hydroxylation sites is 1. The van der Waals surface area contributed by atoms with Crippen molar-refractivity contribution in [2.24, 2.45) is 0 Å². The van der Waals surface area contributed by atoms with E-state index in [0.717, 1.165) is 25.1 Å². The molecule has 2 aliphatic rings. The van der Waals surface area contributed by atoms with Crippen LogP contribution in [0.1, 0.15) is 31.2 Å². The van der Waals surface area contributed by atoms with Crippen LogP contribution in [-0.2, 0) is 11.2 Å². The normalized spacial score (nSPS) is 26.5. The van der Waals surface area contributed by atoms with Gasteiger partial charge in [-0.15, -0.1) is 0 Å². The fraction of sp³-hybridized carbons (Fsp3) is 0.562. The second-order valence-corrected chi connectivity index (χ2v) is 7.04. The molecule has 0 saturated carbocycles. The second kappa shape index (κ2) is 6.64. The quantitative estimate of drug-likeness (QED) is 0.899. The largest absolute Gasteiger partial charge is 0.324 e. The van der Waals surface area contributed by atoms with Gasteiger partial charge in [0.25, 0.3) is 0 Å². The summed E-state index contributed by atoms with van der Waals surface area (Å²) in [6.07, 6.45) is 5.82. The molecule has 1 saturated heterocycles. The van der Waals surface area contributed by atoms with Crippen molar-refractivity contribution in [1.29, 1.82) is 0 Å². The van der Waals surface area contributed by atoms with Gasteiger partial charge in [-0.2, -0.15) is 11.8 Å². The Kier molecular flexibility index (Phi) is 4.63. The summed E-state index contributed by atoms with van der Waals surface area (Å²) in [5, 5.41) is 7.22. The Morgan fingerprint density at radius 3 is 3.00 bits per heavy atom. The second-order valence-electron chi connectivity index (χ2n) is 5.63. The molecule has 20 heavy (non-hydrogen) atoms. The average molecular weight is 290 g/mol. The Bertz CT molecular complexity index is 471. The van der Waals surface area contributed by atoms with Crippen LogP contribution in [0.25, 0.3) is 0 Å². The van der Waals surface area contributed by atoms with Gasteiger partial charge in [-0.05, 0) is 43.1 Å². The molecule has 3 rings (SSSR count). The number of carbonyl (C=O) groups is 1. The highest BCUT2D eigenvalue weighted by molar-refractivity contribution is 7.99. The SMILES string of the molecule is O=C1Nc2ccccc2CCC1NCC1CCCCS1. The zero-order valence-corrected chi connectivity index (χ0v) is 12.5. The van der Waals surface area contributed by atoms with Gasteiger partial charge in [0.2, 0.25) is 5.91 Å². The summed E-state index contributed by atoms with van der Waals surface area (Å²) < 4.78 is 0. The Labute approximate surface area is 124 Å². The van der Waals surface area contributed by atoms with Gasteiger partial charge in [0, 0.05) is 17.5 Å². The van der Waals surface area contributed by atoms with Gasteiger partial charge in [-0.3, -0.25) is 4.79 Å². The number of rotatable bonds is 3. The van der Waals surface area contributed by atoms with Crippen molar-refractivity contribution in [3.8, 4) is 0 Å². The molecule has 1 aromatic carbocycles. The van der Waals surface area contributed by atoms with Crippen LogP contribution in [0, 0.1) is 0 Å². The Morgan fingerprint density at radius 1 is 1.25 bits per heavy atom. The molecule has 0 spiro atoms. The molecule has 108 valence electrons. The van der Waals surface area contributed by atoms with Gasteiger partial charge in [0.15, 0.2) is 0 Å². The molecular formula is C16H22N2OS. The number of hydrogen-bond acceptors (Lipinski definition) is 3. The van der Waals surface area contributed by atoms with Crippen LogP contribution in [0.5, 0.6) is 0 Å². The summed E-state index contributed by atoms with van der Waals surface area (Å²) in [6.45, 7) is 0.957. The maximum Gasteiger partial charge on any atom is 0.241 e. The van der Waals surface area contributed by atoms with E-state index in [0.29, 0.717) is 5.25 Å². The number of anilines is 1. The Hall–Kier alpha value is -1.00. The summed E-state index contributed by atoms with van der Waals surface area (Å²) in [6, 6.07) is 8.06.